The van der Waals surface area contributed by atoms with Gasteiger partial charge >= 0.3 is 0 Å². The Bertz CT molecular complexity index is 598. The van der Waals surface area contributed by atoms with Gasteiger partial charge in [-0.1, -0.05) is 12.1 Å². The van der Waals surface area contributed by atoms with Gasteiger partial charge in [0.1, 0.15) is 5.82 Å². The molecule has 4 nitrogen and oxygen atoms in total. The highest BCUT2D eigenvalue weighted by Gasteiger charge is 2.25. The monoisotopic (exact) mass is 401 g/mol. The van der Waals surface area contributed by atoms with Crippen LogP contribution in [0.5, 0.6) is 0 Å². The van der Waals surface area contributed by atoms with Gasteiger partial charge in [0.05, 0.1) is 25.1 Å². The molecular formula is C15H17FIN3O. The van der Waals surface area contributed by atoms with Gasteiger partial charge in [0.15, 0.2) is 5.96 Å². The fraction of sp³-hybridized carbons (Fsp3) is 0.267. The minimum Gasteiger partial charge on any atom is -0.472 e. The highest BCUT2D eigenvalue weighted by Crippen LogP contribution is 2.24. The quantitative estimate of drug-likeness (QED) is 0.804. The van der Waals surface area contributed by atoms with E-state index in [1.165, 1.54) is 12.1 Å². The van der Waals surface area contributed by atoms with E-state index in [4.69, 9.17) is 4.42 Å². The number of furan rings is 1. The van der Waals surface area contributed by atoms with Crippen molar-refractivity contribution in [2.75, 3.05) is 13.6 Å². The second-order valence-corrected chi connectivity index (χ2v) is 4.83. The van der Waals surface area contributed by atoms with Crippen molar-refractivity contribution in [2.24, 2.45) is 4.99 Å². The maximum Gasteiger partial charge on any atom is 0.194 e. The fourth-order valence-electron chi connectivity index (χ4n) is 2.32. The first-order valence-corrected chi connectivity index (χ1v) is 6.52. The summed E-state index contributed by atoms with van der Waals surface area (Å²) in [6.07, 6.45) is 3.36. The largest absolute Gasteiger partial charge is 0.472 e. The summed E-state index contributed by atoms with van der Waals surface area (Å²) in [6.45, 7) is 1.35. The summed E-state index contributed by atoms with van der Waals surface area (Å²) in [5.74, 6) is 0.633. The van der Waals surface area contributed by atoms with Gasteiger partial charge in [0.25, 0.3) is 0 Å². The molecule has 1 aliphatic heterocycles. The van der Waals surface area contributed by atoms with E-state index in [0.717, 1.165) is 17.1 Å². The van der Waals surface area contributed by atoms with Crippen LogP contribution in [0.2, 0.25) is 0 Å². The molecule has 21 heavy (non-hydrogen) atoms. The van der Waals surface area contributed by atoms with Crippen LogP contribution in [-0.4, -0.2) is 24.5 Å². The van der Waals surface area contributed by atoms with Crippen LogP contribution in [-0.2, 0) is 6.54 Å². The Morgan fingerprint density at radius 3 is 2.76 bits per heavy atom. The number of aliphatic imine (C=N–C) groups is 1. The fourth-order valence-corrected chi connectivity index (χ4v) is 2.32. The smallest absolute Gasteiger partial charge is 0.194 e. The first kappa shape index (κ1) is 15.8. The first-order chi connectivity index (χ1) is 9.74. The highest BCUT2D eigenvalue weighted by molar-refractivity contribution is 14.0. The van der Waals surface area contributed by atoms with Gasteiger partial charge in [0.2, 0.25) is 0 Å². The molecule has 2 aromatic rings. The van der Waals surface area contributed by atoms with Crippen molar-refractivity contribution in [3.63, 3.8) is 0 Å². The summed E-state index contributed by atoms with van der Waals surface area (Å²) < 4.78 is 18.0. The summed E-state index contributed by atoms with van der Waals surface area (Å²) in [5.41, 5.74) is 2.14. The van der Waals surface area contributed by atoms with Crippen LogP contribution < -0.4 is 5.32 Å². The van der Waals surface area contributed by atoms with Crippen molar-refractivity contribution in [1.29, 1.82) is 0 Å². The zero-order valence-electron chi connectivity index (χ0n) is 11.6. The van der Waals surface area contributed by atoms with Crippen LogP contribution in [0.15, 0.2) is 52.3 Å². The Kier molecular flexibility index (Phi) is 5.22. The lowest BCUT2D eigenvalue weighted by Crippen LogP contribution is -2.36. The molecule has 3 rings (SSSR count). The van der Waals surface area contributed by atoms with Gasteiger partial charge in [-0.3, -0.25) is 4.99 Å². The van der Waals surface area contributed by atoms with E-state index in [-0.39, 0.29) is 35.8 Å². The van der Waals surface area contributed by atoms with Gasteiger partial charge in [-0.2, -0.15) is 0 Å². The molecule has 112 valence electrons. The Balaban J connectivity index is 0.00000161. The number of rotatable bonds is 3. The molecule has 0 spiro atoms. The Morgan fingerprint density at radius 1 is 1.33 bits per heavy atom. The molecule has 0 saturated carbocycles. The van der Waals surface area contributed by atoms with Gasteiger partial charge in [0, 0.05) is 19.2 Å². The number of guanidine groups is 1. The van der Waals surface area contributed by atoms with E-state index < -0.39 is 0 Å². The van der Waals surface area contributed by atoms with E-state index in [2.05, 4.69) is 15.2 Å². The molecule has 0 fully saturated rings. The van der Waals surface area contributed by atoms with E-state index in [0.29, 0.717) is 13.1 Å². The molecule has 0 bridgehead atoms. The second kappa shape index (κ2) is 6.93. The number of hydrogen-bond acceptors (Lipinski definition) is 4. The van der Waals surface area contributed by atoms with Crippen LogP contribution >= 0.6 is 24.0 Å². The molecule has 2 heterocycles. The van der Waals surface area contributed by atoms with E-state index >= 15 is 0 Å². The maximum atomic E-state index is 13.0. The molecule has 1 aromatic heterocycles. The predicted molar refractivity (Wildman–Crippen MR) is 90.2 cm³/mol. The number of benzene rings is 1. The lowest BCUT2D eigenvalue weighted by atomic mass is 10.1. The van der Waals surface area contributed by atoms with E-state index in [1.54, 1.807) is 12.5 Å². The summed E-state index contributed by atoms with van der Waals surface area (Å²) in [4.78, 5) is 6.58. The predicted octanol–water partition coefficient (Wildman–Crippen LogP) is 3.17. The third-order valence-corrected chi connectivity index (χ3v) is 3.50. The molecule has 0 radical (unpaired) electrons. The van der Waals surface area contributed by atoms with Crippen molar-refractivity contribution >= 4 is 29.9 Å². The third-order valence-electron chi connectivity index (χ3n) is 3.50. The molecule has 1 atom stereocenters. The van der Waals surface area contributed by atoms with Crippen LogP contribution in [0.3, 0.4) is 0 Å². The number of nitrogens with zero attached hydrogens (tertiary/aromatic N) is 2. The zero-order valence-corrected chi connectivity index (χ0v) is 14.0. The zero-order chi connectivity index (χ0) is 13.9. The summed E-state index contributed by atoms with van der Waals surface area (Å²) in [5, 5.41) is 3.29. The van der Waals surface area contributed by atoms with Crippen LogP contribution in [0.1, 0.15) is 17.2 Å². The van der Waals surface area contributed by atoms with Gasteiger partial charge in [-0.15, -0.1) is 24.0 Å². The lowest BCUT2D eigenvalue weighted by Gasteiger charge is -2.23. The minimum absolute atomic E-state index is 0. The molecule has 0 amide bonds. The average Bonchev–Trinajstić information content (AvgIpc) is 3.08. The van der Waals surface area contributed by atoms with Crippen molar-refractivity contribution < 1.29 is 8.81 Å². The second-order valence-electron chi connectivity index (χ2n) is 4.83. The van der Waals surface area contributed by atoms with Crippen molar-refractivity contribution in [2.45, 2.75) is 12.6 Å². The first-order valence-electron chi connectivity index (χ1n) is 6.52. The Morgan fingerprint density at radius 2 is 2.10 bits per heavy atom. The molecule has 1 unspecified atom stereocenters. The molecule has 0 saturated heterocycles. The number of hydrogen-bond donors (Lipinski definition) is 1. The Labute approximate surface area is 140 Å². The van der Waals surface area contributed by atoms with Crippen LogP contribution in [0, 0.1) is 5.82 Å². The molecule has 0 aliphatic carbocycles. The normalized spacial score (nSPS) is 17.3. The minimum atomic E-state index is -0.214. The van der Waals surface area contributed by atoms with Gasteiger partial charge in [-0.25, -0.2) is 4.39 Å². The maximum absolute atomic E-state index is 13.0. The lowest BCUT2D eigenvalue weighted by molar-refractivity contribution is 0.405. The van der Waals surface area contributed by atoms with E-state index in [1.807, 2.05) is 25.2 Å². The van der Waals surface area contributed by atoms with Crippen molar-refractivity contribution in [1.82, 2.24) is 10.2 Å². The average molecular weight is 401 g/mol. The van der Waals surface area contributed by atoms with E-state index in [9.17, 15) is 4.39 Å². The standard InChI is InChI=1S/C15H16FN3O.HI/c1-19-14(12-2-4-13(16)5-3-12)9-18-15(19)17-8-11-6-7-20-10-11;/h2-7,10,14H,8-9H2,1H3,(H,17,18);1H. The number of halogens is 2. The van der Waals surface area contributed by atoms with Crippen molar-refractivity contribution in [3.05, 3.63) is 59.8 Å². The molecular weight excluding hydrogens is 384 g/mol. The van der Waals surface area contributed by atoms with Crippen LogP contribution in [0.25, 0.3) is 0 Å². The van der Waals surface area contributed by atoms with Crippen LogP contribution in [0.4, 0.5) is 4.39 Å². The van der Waals surface area contributed by atoms with Gasteiger partial charge < -0.3 is 14.6 Å². The SMILES string of the molecule is CN1C(NCc2ccoc2)=NCC1c1ccc(F)cc1.I. The topological polar surface area (TPSA) is 40.8 Å². The molecule has 1 aromatic carbocycles. The summed E-state index contributed by atoms with van der Waals surface area (Å²) >= 11 is 0. The molecule has 1 aliphatic rings. The number of nitrogens with one attached hydrogen (secondary N) is 1. The summed E-state index contributed by atoms with van der Waals surface area (Å²) in [7, 11) is 1.99. The number of likely N-dealkylation sites (N-methyl/N-ethyl adjacent to an activating group) is 1. The molecule has 6 heteroatoms. The third kappa shape index (κ3) is 3.55. The highest BCUT2D eigenvalue weighted by atomic mass is 127. The Hall–Kier alpha value is -1.57. The van der Waals surface area contributed by atoms with Gasteiger partial charge in [-0.05, 0) is 23.8 Å². The molecule has 1 N–H and O–H groups in total. The van der Waals surface area contributed by atoms with Crippen molar-refractivity contribution in [3.8, 4) is 0 Å². The summed E-state index contributed by atoms with van der Waals surface area (Å²) in [6, 6.07) is 8.67.